The molecule has 2 atom stereocenters. The normalized spacial score (nSPS) is 20.1. The summed E-state index contributed by atoms with van der Waals surface area (Å²) in [5.74, 6) is 0. The van der Waals surface area contributed by atoms with Gasteiger partial charge in [-0.1, -0.05) is 6.92 Å². The largest absolute Gasteiger partial charge is 0.369 e. The van der Waals surface area contributed by atoms with E-state index in [1.807, 2.05) is 0 Å². The summed E-state index contributed by atoms with van der Waals surface area (Å²) in [5.41, 5.74) is -2.94. The van der Waals surface area contributed by atoms with E-state index in [-0.39, 0.29) is 6.42 Å². The number of hydrogen-bond acceptors (Lipinski definition) is 2. The Morgan fingerprint density at radius 1 is 1.33 bits per heavy atom. The van der Waals surface area contributed by atoms with Crippen LogP contribution in [0.4, 0.5) is 4.39 Å². The first-order chi connectivity index (χ1) is 5.22. The molecule has 0 aliphatic carbocycles. The molecule has 8 heteroatoms. The standard InChI is InChI=1S/C4H11FO5P2/c1-2-3-11(6,7)4(5)12(8,9)10/h4H,2-3H2,1H3,(H,6,7)(H2,8,9,10). The Bertz CT molecular complexity index is 236. The lowest BCUT2D eigenvalue weighted by atomic mass is 10.6. The molecule has 0 aromatic rings. The highest BCUT2D eigenvalue weighted by Crippen LogP contribution is 2.62. The topological polar surface area (TPSA) is 94.8 Å². The Hall–Kier alpha value is 0.270. The van der Waals surface area contributed by atoms with Crippen molar-refractivity contribution >= 4 is 15.0 Å². The minimum Gasteiger partial charge on any atom is -0.342 e. The summed E-state index contributed by atoms with van der Waals surface area (Å²) in [6.45, 7) is 1.52. The van der Waals surface area contributed by atoms with E-state index in [0.717, 1.165) is 0 Å². The van der Waals surface area contributed by atoms with Gasteiger partial charge in [0.15, 0.2) is 0 Å². The maximum Gasteiger partial charge on any atom is 0.369 e. The maximum absolute atomic E-state index is 12.6. The van der Waals surface area contributed by atoms with Crippen LogP contribution in [-0.2, 0) is 9.13 Å². The molecule has 0 saturated heterocycles. The van der Waals surface area contributed by atoms with Crippen LogP contribution in [0.2, 0.25) is 0 Å². The van der Waals surface area contributed by atoms with E-state index >= 15 is 0 Å². The van der Waals surface area contributed by atoms with Crippen LogP contribution in [-0.4, -0.2) is 26.5 Å². The highest BCUT2D eigenvalue weighted by atomic mass is 31.2. The predicted octanol–water partition coefficient (Wildman–Crippen LogP) is 1.10. The fraction of sp³-hybridized carbons (Fsp3) is 1.00. The molecular weight excluding hydrogens is 209 g/mol. The molecular formula is C4H11FO5P2. The van der Waals surface area contributed by atoms with E-state index in [0.29, 0.717) is 0 Å². The summed E-state index contributed by atoms with van der Waals surface area (Å²) < 4.78 is 33.7. The molecule has 0 radical (unpaired) electrons. The van der Waals surface area contributed by atoms with E-state index in [9.17, 15) is 13.5 Å². The van der Waals surface area contributed by atoms with Gasteiger partial charge in [-0.3, -0.25) is 9.13 Å². The fourth-order valence-corrected chi connectivity index (χ4v) is 3.74. The third kappa shape index (κ3) is 3.33. The zero-order chi connectivity index (χ0) is 9.99. The lowest BCUT2D eigenvalue weighted by Crippen LogP contribution is -2.05. The molecule has 0 amide bonds. The van der Waals surface area contributed by atoms with Gasteiger partial charge in [-0.2, -0.15) is 0 Å². The van der Waals surface area contributed by atoms with Crippen molar-refractivity contribution in [3.8, 4) is 0 Å². The van der Waals surface area contributed by atoms with Crippen LogP contribution in [0.25, 0.3) is 0 Å². The van der Waals surface area contributed by atoms with Gasteiger partial charge < -0.3 is 14.7 Å². The zero-order valence-electron chi connectivity index (χ0n) is 6.42. The summed E-state index contributed by atoms with van der Waals surface area (Å²) in [5, 5.41) is 0. The van der Waals surface area contributed by atoms with E-state index in [2.05, 4.69) is 0 Å². The molecule has 0 heterocycles. The van der Waals surface area contributed by atoms with Gasteiger partial charge in [-0.05, 0) is 6.42 Å². The molecule has 0 spiro atoms. The van der Waals surface area contributed by atoms with Gasteiger partial charge >= 0.3 is 7.60 Å². The van der Waals surface area contributed by atoms with Crippen molar-refractivity contribution in [3.63, 3.8) is 0 Å². The smallest absolute Gasteiger partial charge is 0.342 e. The van der Waals surface area contributed by atoms with Crippen molar-refractivity contribution < 1.29 is 28.2 Å². The SMILES string of the molecule is CCCP(=O)(O)C(F)P(=O)(O)O. The average Bonchev–Trinajstić information content (AvgIpc) is 1.84. The van der Waals surface area contributed by atoms with Crippen LogP contribution in [0.1, 0.15) is 13.3 Å². The molecule has 5 nitrogen and oxygen atoms in total. The first-order valence-electron chi connectivity index (χ1n) is 3.22. The third-order valence-corrected chi connectivity index (χ3v) is 5.45. The van der Waals surface area contributed by atoms with Crippen LogP contribution >= 0.6 is 15.0 Å². The number of rotatable bonds is 4. The highest BCUT2D eigenvalue weighted by molar-refractivity contribution is 7.73. The Morgan fingerprint density at radius 3 is 2.00 bits per heavy atom. The van der Waals surface area contributed by atoms with Gasteiger partial charge in [-0.15, -0.1) is 0 Å². The van der Waals surface area contributed by atoms with Gasteiger partial charge in [0, 0.05) is 6.16 Å². The molecule has 0 aliphatic heterocycles. The number of alkyl halides is 1. The molecule has 0 rings (SSSR count). The second-order valence-corrected chi connectivity index (χ2v) is 6.83. The van der Waals surface area contributed by atoms with Crippen molar-refractivity contribution in [2.75, 3.05) is 6.16 Å². The van der Waals surface area contributed by atoms with Gasteiger partial charge in [0.2, 0.25) is 7.37 Å². The van der Waals surface area contributed by atoms with E-state index in [1.54, 1.807) is 0 Å². The predicted molar refractivity (Wildman–Crippen MR) is 41.9 cm³/mol. The molecule has 0 bridgehead atoms. The van der Waals surface area contributed by atoms with Crippen molar-refractivity contribution in [1.82, 2.24) is 0 Å². The van der Waals surface area contributed by atoms with Crippen molar-refractivity contribution in [3.05, 3.63) is 0 Å². The molecule has 74 valence electrons. The van der Waals surface area contributed by atoms with Crippen LogP contribution in [0.3, 0.4) is 0 Å². The van der Waals surface area contributed by atoms with Gasteiger partial charge in [0.05, 0.1) is 0 Å². The van der Waals surface area contributed by atoms with E-state index in [4.69, 9.17) is 14.7 Å². The minimum absolute atomic E-state index is 0.203. The first kappa shape index (κ1) is 12.3. The van der Waals surface area contributed by atoms with Crippen molar-refractivity contribution in [2.45, 2.75) is 19.0 Å². The quantitative estimate of drug-likeness (QED) is 0.616. The van der Waals surface area contributed by atoms with Crippen LogP contribution in [0, 0.1) is 0 Å². The molecule has 3 N–H and O–H groups in total. The van der Waals surface area contributed by atoms with Crippen molar-refractivity contribution in [2.24, 2.45) is 0 Å². The lowest BCUT2D eigenvalue weighted by Gasteiger charge is -2.15. The molecule has 0 aromatic carbocycles. The van der Waals surface area contributed by atoms with Crippen molar-refractivity contribution in [1.29, 1.82) is 0 Å². The molecule has 0 fully saturated rings. The van der Waals surface area contributed by atoms with Gasteiger partial charge in [0.1, 0.15) is 0 Å². The molecule has 2 unspecified atom stereocenters. The second kappa shape index (κ2) is 3.99. The number of hydrogen-bond donors (Lipinski definition) is 3. The average molecular weight is 220 g/mol. The highest BCUT2D eigenvalue weighted by Gasteiger charge is 2.43. The Morgan fingerprint density at radius 2 is 1.75 bits per heavy atom. The zero-order valence-corrected chi connectivity index (χ0v) is 8.21. The lowest BCUT2D eigenvalue weighted by molar-refractivity contribution is 0.321. The first-order valence-corrected chi connectivity index (χ1v) is 6.82. The fourth-order valence-electron chi connectivity index (χ4n) is 0.662. The Balaban J connectivity index is 4.58. The molecule has 12 heavy (non-hydrogen) atoms. The summed E-state index contributed by atoms with van der Waals surface area (Å²) in [6.07, 6.45) is -0.215. The Kier molecular flexibility index (Phi) is 4.08. The van der Waals surface area contributed by atoms with Gasteiger partial charge in [0.25, 0.3) is 5.65 Å². The van der Waals surface area contributed by atoms with Gasteiger partial charge in [-0.25, -0.2) is 4.39 Å². The maximum atomic E-state index is 12.6. The molecule has 0 aromatic heterocycles. The summed E-state index contributed by atoms with van der Waals surface area (Å²) >= 11 is 0. The Labute approximate surface area is 69.2 Å². The summed E-state index contributed by atoms with van der Waals surface area (Å²) in [6, 6.07) is 0. The third-order valence-electron chi connectivity index (χ3n) is 1.15. The van der Waals surface area contributed by atoms with Crippen LogP contribution in [0.5, 0.6) is 0 Å². The molecule has 0 aliphatic rings. The van der Waals surface area contributed by atoms with Crippen LogP contribution in [0.15, 0.2) is 0 Å². The van der Waals surface area contributed by atoms with E-state index in [1.165, 1.54) is 6.92 Å². The number of halogens is 1. The second-order valence-electron chi connectivity index (χ2n) is 2.38. The molecule has 0 saturated carbocycles. The monoisotopic (exact) mass is 220 g/mol. The minimum atomic E-state index is -5.09. The summed E-state index contributed by atoms with van der Waals surface area (Å²) in [4.78, 5) is 25.3. The summed E-state index contributed by atoms with van der Waals surface area (Å²) in [7, 11) is -9.42. The van der Waals surface area contributed by atoms with E-state index < -0.39 is 26.8 Å². The van der Waals surface area contributed by atoms with Crippen LogP contribution < -0.4 is 0 Å².